The Morgan fingerprint density at radius 2 is 1.29 bits per heavy atom. The van der Waals surface area contributed by atoms with E-state index in [1.54, 1.807) is 7.11 Å². The number of hydrogen-bond acceptors (Lipinski definition) is 1. The van der Waals surface area contributed by atoms with Gasteiger partial charge in [-0.2, -0.15) is 8.78 Å². The molecule has 2 fully saturated rings. The molecule has 0 heterocycles. The average molecular weight is 463 g/mol. The summed E-state index contributed by atoms with van der Waals surface area (Å²) in [6.45, 7) is 0.901. The standard InChI is InChI=1S/C25H35ClF4O/c1-31-16-19-8-6-17(7-9-19)4-2-3-5-18-10-12-20(13-11-18)21-14-22(27)24(23(28)15-21)25(26,29)30/h14-15,17-20H,2-13,16H2,1H3. The van der Waals surface area contributed by atoms with Crippen LogP contribution in [0.1, 0.15) is 94.1 Å². The highest BCUT2D eigenvalue weighted by molar-refractivity contribution is 6.21. The Hall–Kier alpha value is -0.810. The van der Waals surface area contributed by atoms with Crippen LogP contribution in [0, 0.1) is 29.4 Å². The Morgan fingerprint density at radius 3 is 1.74 bits per heavy atom. The van der Waals surface area contributed by atoms with Crippen LogP contribution in [0.15, 0.2) is 12.1 Å². The van der Waals surface area contributed by atoms with Crippen molar-refractivity contribution in [3.05, 3.63) is 34.9 Å². The molecule has 0 aliphatic heterocycles. The first-order valence-electron chi connectivity index (χ1n) is 11.8. The molecule has 0 unspecified atom stereocenters. The van der Waals surface area contributed by atoms with E-state index >= 15 is 0 Å². The molecule has 0 radical (unpaired) electrons. The first kappa shape index (κ1) is 24.8. The predicted octanol–water partition coefficient (Wildman–Crippen LogP) is 8.54. The lowest BCUT2D eigenvalue weighted by molar-refractivity contribution is 0.0857. The molecule has 2 aliphatic carbocycles. The van der Waals surface area contributed by atoms with Gasteiger partial charge >= 0.3 is 5.38 Å². The molecule has 1 nitrogen and oxygen atoms in total. The van der Waals surface area contributed by atoms with E-state index in [4.69, 9.17) is 16.3 Å². The van der Waals surface area contributed by atoms with Crippen molar-refractivity contribution in [2.24, 2.45) is 17.8 Å². The van der Waals surface area contributed by atoms with Gasteiger partial charge < -0.3 is 4.74 Å². The molecular formula is C25H35ClF4O. The van der Waals surface area contributed by atoms with Gasteiger partial charge in [0.2, 0.25) is 0 Å². The third-order valence-corrected chi connectivity index (χ3v) is 7.70. The molecule has 0 aromatic heterocycles. The van der Waals surface area contributed by atoms with E-state index in [0.29, 0.717) is 11.5 Å². The largest absolute Gasteiger partial charge is 0.384 e. The zero-order chi connectivity index (χ0) is 22.4. The molecule has 6 heteroatoms. The highest BCUT2D eigenvalue weighted by atomic mass is 35.5. The van der Waals surface area contributed by atoms with Gasteiger partial charge in [-0.05, 0) is 91.5 Å². The van der Waals surface area contributed by atoms with Crippen LogP contribution in [0.5, 0.6) is 0 Å². The van der Waals surface area contributed by atoms with Crippen molar-refractivity contribution in [1.82, 2.24) is 0 Å². The SMILES string of the molecule is COCC1CCC(CCCCC2CCC(c3cc(F)c(C(F)(F)Cl)c(F)c3)CC2)CC1. The van der Waals surface area contributed by atoms with Crippen LogP contribution in [-0.4, -0.2) is 13.7 Å². The van der Waals surface area contributed by atoms with Crippen molar-refractivity contribution in [3.8, 4) is 0 Å². The van der Waals surface area contributed by atoms with Crippen LogP contribution in [0.25, 0.3) is 0 Å². The fraction of sp³-hybridized carbons (Fsp3) is 0.760. The maximum absolute atomic E-state index is 14.0. The maximum Gasteiger partial charge on any atom is 0.353 e. The zero-order valence-corrected chi connectivity index (χ0v) is 19.2. The topological polar surface area (TPSA) is 9.23 Å². The molecule has 0 N–H and O–H groups in total. The van der Waals surface area contributed by atoms with Gasteiger partial charge in [-0.25, -0.2) is 8.78 Å². The molecule has 2 aliphatic rings. The van der Waals surface area contributed by atoms with E-state index in [1.807, 2.05) is 0 Å². The smallest absolute Gasteiger partial charge is 0.353 e. The molecule has 1 aromatic rings. The van der Waals surface area contributed by atoms with E-state index in [0.717, 1.165) is 56.3 Å². The molecular weight excluding hydrogens is 428 g/mol. The zero-order valence-electron chi connectivity index (χ0n) is 18.5. The summed E-state index contributed by atoms with van der Waals surface area (Å²) in [6.07, 6.45) is 14.1. The van der Waals surface area contributed by atoms with Crippen LogP contribution in [-0.2, 0) is 10.1 Å². The Balaban J connectivity index is 1.37. The summed E-state index contributed by atoms with van der Waals surface area (Å²) in [7, 11) is 1.79. The molecule has 0 saturated heterocycles. The van der Waals surface area contributed by atoms with Crippen molar-refractivity contribution in [3.63, 3.8) is 0 Å². The van der Waals surface area contributed by atoms with Crippen molar-refractivity contribution in [1.29, 1.82) is 0 Å². The Bertz CT molecular complexity index is 666. The lowest BCUT2D eigenvalue weighted by Gasteiger charge is -2.30. The summed E-state index contributed by atoms with van der Waals surface area (Å²) in [6, 6.07) is 2.09. The minimum absolute atomic E-state index is 0.0283. The summed E-state index contributed by atoms with van der Waals surface area (Å²) in [4.78, 5) is 0. The van der Waals surface area contributed by atoms with Crippen molar-refractivity contribution in [2.45, 2.75) is 88.3 Å². The molecule has 176 valence electrons. The number of ether oxygens (including phenoxy) is 1. The molecule has 3 rings (SSSR count). The predicted molar refractivity (Wildman–Crippen MR) is 117 cm³/mol. The number of alkyl halides is 3. The van der Waals surface area contributed by atoms with Gasteiger partial charge in [-0.15, -0.1) is 0 Å². The third-order valence-electron chi connectivity index (χ3n) is 7.51. The summed E-state index contributed by atoms with van der Waals surface area (Å²) in [5, 5.41) is -4.03. The molecule has 0 amide bonds. The molecule has 31 heavy (non-hydrogen) atoms. The summed E-state index contributed by atoms with van der Waals surface area (Å²) in [5.41, 5.74) is -0.874. The van der Waals surface area contributed by atoms with Gasteiger partial charge in [0.1, 0.15) is 17.2 Å². The molecule has 2 saturated carbocycles. The normalized spacial score (nSPS) is 27.4. The van der Waals surface area contributed by atoms with Gasteiger partial charge in [0, 0.05) is 13.7 Å². The van der Waals surface area contributed by atoms with Crippen LogP contribution in [0.4, 0.5) is 17.6 Å². The fourth-order valence-electron chi connectivity index (χ4n) is 5.67. The maximum atomic E-state index is 14.0. The lowest BCUT2D eigenvalue weighted by atomic mass is 9.76. The van der Waals surface area contributed by atoms with E-state index in [2.05, 4.69) is 0 Å². The monoisotopic (exact) mass is 462 g/mol. The van der Waals surface area contributed by atoms with E-state index in [-0.39, 0.29) is 5.92 Å². The number of halogens is 5. The molecule has 0 spiro atoms. The van der Waals surface area contributed by atoms with Gasteiger partial charge in [-0.1, -0.05) is 38.5 Å². The van der Waals surface area contributed by atoms with Crippen LogP contribution in [0.2, 0.25) is 0 Å². The third kappa shape index (κ3) is 7.08. The lowest BCUT2D eigenvalue weighted by Crippen LogP contribution is -2.18. The van der Waals surface area contributed by atoms with Gasteiger partial charge in [-0.3, -0.25) is 0 Å². The van der Waals surface area contributed by atoms with E-state index in [1.165, 1.54) is 51.4 Å². The Morgan fingerprint density at radius 1 is 0.839 bits per heavy atom. The second-order valence-electron chi connectivity index (χ2n) is 9.70. The fourth-order valence-corrected chi connectivity index (χ4v) is 5.85. The highest BCUT2D eigenvalue weighted by Crippen LogP contribution is 2.41. The molecule has 0 atom stereocenters. The average Bonchev–Trinajstić information content (AvgIpc) is 2.71. The number of methoxy groups -OCH3 is 1. The number of rotatable bonds is 9. The number of unbranched alkanes of at least 4 members (excludes halogenated alkanes) is 1. The minimum Gasteiger partial charge on any atom is -0.384 e. The number of benzene rings is 1. The summed E-state index contributed by atoms with van der Waals surface area (Å²) >= 11 is 4.84. The van der Waals surface area contributed by atoms with Crippen LogP contribution in [0.3, 0.4) is 0 Å². The Kier molecular flexibility index (Phi) is 9.10. The summed E-state index contributed by atoms with van der Waals surface area (Å²) in [5.74, 6) is -0.199. The van der Waals surface area contributed by atoms with E-state index < -0.39 is 22.6 Å². The first-order chi connectivity index (χ1) is 14.8. The second kappa shape index (κ2) is 11.4. The highest BCUT2D eigenvalue weighted by Gasteiger charge is 2.36. The molecule has 0 bridgehead atoms. The first-order valence-corrected chi connectivity index (χ1v) is 12.2. The van der Waals surface area contributed by atoms with Crippen molar-refractivity contribution >= 4 is 11.6 Å². The Labute approximate surface area is 188 Å². The molecule has 1 aromatic carbocycles. The minimum atomic E-state index is -4.03. The quantitative estimate of drug-likeness (QED) is 0.203. The van der Waals surface area contributed by atoms with Crippen LogP contribution < -0.4 is 0 Å². The van der Waals surface area contributed by atoms with Crippen LogP contribution >= 0.6 is 11.6 Å². The van der Waals surface area contributed by atoms with Gasteiger partial charge in [0.05, 0.1) is 0 Å². The van der Waals surface area contributed by atoms with Crippen molar-refractivity contribution < 1.29 is 22.3 Å². The number of hydrogen-bond donors (Lipinski definition) is 0. The summed E-state index contributed by atoms with van der Waals surface area (Å²) < 4.78 is 59.8. The van der Waals surface area contributed by atoms with E-state index in [9.17, 15) is 17.6 Å². The van der Waals surface area contributed by atoms with Crippen molar-refractivity contribution in [2.75, 3.05) is 13.7 Å². The van der Waals surface area contributed by atoms with Gasteiger partial charge in [0.15, 0.2) is 0 Å². The second-order valence-corrected chi connectivity index (χ2v) is 10.2. The van der Waals surface area contributed by atoms with Gasteiger partial charge in [0.25, 0.3) is 0 Å².